The minimum atomic E-state index is -0.0100. The lowest BCUT2D eigenvalue weighted by molar-refractivity contribution is 0.0782. The Labute approximate surface area is 137 Å². The summed E-state index contributed by atoms with van der Waals surface area (Å²) in [6, 6.07) is 5.70. The van der Waals surface area contributed by atoms with Crippen LogP contribution in [-0.4, -0.2) is 42.2 Å². The van der Waals surface area contributed by atoms with Gasteiger partial charge < -0.3 is 20.1 Å². The Morgan fingerprint density at radius 2 is 2.26 bits per heavy atom. The Hall–Kier alpha value is -2.12. The largest absolute Gasteiger partial charge is 0.454 e. The molecule has 7 heteroatoms. The quantitative estimate of drug-likeness (QED) is 0.930. The summed E-state index contributed by atoms with van der Waals surface area (Å²) in [5, 5.41) is 2.62. The van der Waals surface area contributed by atoms with Crippen LogP contribution >= 0.6 is 11.3 Å². The highest BCUT2D eigenvalue weighted by atomic mass is 32.1. The lowest BCUT2D eigenvalue weighted by Crippen LogP contribution is -2.30. The highest BCUT2D eigenvalue weighted by Gasteiger charge is 2.27. The average Bonchev–Trinajstić information content (AvgIpc) is 3.32. The summed E-state index contributed by atoms with van der Waals surface area (Å²) >= 11 is 1.46. The number of amides is 1. The van der Waals surface area contributed by atoms with Crippen LogP contribution in [0.1, 0.15) is 16.9 Å². The van der Waals surface area contributed by atoms with Crippen molar-refractivity contribution in [2.24, 2.45) is 11.7 Å². The maximum absolute atomic E-state index is 12.5. The van der Waals surface area contributed by atoms with Crippen molar-refractivity contribution in [3.63, 3.8) is 0 Å². The Balaban J connectivity index is 1.54. The van der Waals surface area contributed by atoms with Crippen molar-refractivity contribution in [2.45, 2.75) is 6.42 Å². The molecule has 2 aliphatic rings. The van der Waals surface area contributed by atoms with Gasteiger partial charge in [0.1, 0.15) is 10.7 Å². The standard InChI is InChI=1S/C16H17N3O3S/c17-6-10-3-4-19(7-10)16(20)12-8-23-15(18-12)11-1-2-13-14(5-11)22-9-21-13/h1-2,5,8,10H,3-4,6-7,9,17H2. The number of hydrogen-bond donors (Lipinski definition) is 1. The van der Waals surface area contributed by atoms with Gasteiger partial charge in [-0.25, -0.2) is 4.98 Å². The maximum Gasteiger partial charge on any atom is 0.273 e. The number of carbonyl (C=O) groups excluding carboxylic acids is 1. The third-order valence-corrected chi connectivity index (χ3v) is 5.14. The predicted octanol–water partition coefficient (Wildman–Crippen LogP) is 1.96. The molecule has 120 valence electrons. The highest BCUT2D eigenvalue weighted by Crippen LogP contribution is 2.36. The van der Waals surface area contributed by atoms with Crippen LogP contribution in [0.2, 0.25) is 0 Å². The summed E-state index contributed by atoms with van der Waals surface area (Å²) in [6.07, 6.45) is 0.974. The molecular weight excluding hydrogens is 314 g/mol. The lowest BCUT2D eigenvalue weighted by atomic mass is 10.1. The fraction of sp³-hybridized carbons (Fsp3) is 0.375. The number of benzene rings is 1. The molecular formula is C16H17N3O3S. The van der Waals surface area contributed by atoms with Crippen molar-refractivity contribution < 1.29 is 14.3 Å². The maximum atomic E-state index is 12.5. The van der Waals surface area contributed by atoms with Gasteiger partial charge in [0.15, 0.2) is 11.5 Å². The van der Waals surface area contributed by atoms with Crippen LogP contribution in [0.4, 0.5) is 0 Å². The second-order valence-electron chi connectivity index (χ2n) is 5.75. The zero-order valence-corrected chi connectivity index (χ0v) is 13.3. The van der Waals surface area contributed by atoms with Crippen molar-refractivity contribution in [2.75, 3.05) is 26.4 Å². The number of hydrogen-bond acceptors (Lipinski definition) is 6. The minimum Gasteiger partial charge on any atom is -0.454 e. The number of likely N-dealkylation sites (tertiary alicyclic amines) is 1. The van der Waals surface area contributed by atoms with Gasteiger partial charge >= 0.3 is 0 Å². The van der Waals surface area contributed by atoms with E-state index in [4.69, 9.17) is 15.2 Å². The molecule has 1 amide bonds. The van der Waals surface area contributed by atoms with E-state index in [0.29, 0.717) is 18.2 Å². The molecule has 1 aromatic carbocycles. The van der Waals surface area contributed by atoms with Gasteiger partial charge in [0.25, 0.3) is 5.91 Å². The molecule has 1 atom stereocenters. The van der Waals surface area contributed by atoms with Crippen LogP contribution in [-0.2, 0) is 0 Å². The number of nitrogens with zero attached hydrogens (tertiary/aromatic N) is 2. The van der Waals surface area contributed by atoms with E-state index in [9.17, 15) is 4.79 Å². The first-order valence-electron chi connectivity index (χ1n) is 7.59. The SMILES string of the molecule is NCC1CCN(C(=O)c2csc(-c3ccc4c(c3)OCO4)n2)C1. The van der Waals surface area contributed by atoms with Crippen LogP contribution in [0.25, 0.3) is 10.6 Å². The van der Waals surface area contributed by atoms with Gasteiger partial charge in [-0.2, -0.15) is 0 Å². The van der Waals surface area contributed by atoms with Gasteiger partial charge in [0.2, 0.25) is 6.79 Å². The smallest absolute Gasteiger partial charge is 0.273 e. The van der Waals surface area contributed by atoms with Crippen molar-refractivity contribution in [3.8, 4) is 22.1 Å². The first-order valence-corrected chi connectivity index (χ1v) is 8.47. The fourth-order valence-corrected chi connectivity index (χ4v) is 3.70. The van der Waals surface area contributed by atoms with Crippen LogP contribution in [0.15, 0.2) is 23.6 Å². The number of thiazole rings is 1. The number of fused-ring (bicyclic) bond motifs is 1. The summed E-state index contributed by atoms with van der Waals surface area (Å²) in [5.74, 6) is 1.86. The van der Waals surface area contributed by atoms with E-state index >= 15 is 0 Å². The van der Waals surface area contributed by atoms with Gasteiger partial charge in [-0.3, -0.25) is 4.79 Å². The Morgan fingerprint density at radius 1 is 1.39 bits per heavy atom. The van der Waals surface area contributed by atoms with E-state index in [1.807, 2.05) is 28.5 Å². The molecule has 2 aliphatic heterocycles. The van der Waals surface area contributed by atoms with E-state index in [1.54, 1.807) is 0 Å². The van der Waals surface area contributed by atoms with E-state index < -0.39 is 0 Å². The molecule has 0 spiro atoms. The first-order chi connectivity index (χ1) is 11.2. The Bertz CT molecular complexity index is 746. The van der Waals surface area contributed by atoms with Crippen LogP contribution < -0.4 is 15.2 Å². The second kappa shape index (κ2) is 5.82. The molecule has 0 aliphatic carbocycles. The predicted molar refractivity (Wildman–Crippen MR) is 86.7 cm³/mol. The van der Waals surface area contributed by atoms with Gasteiger partial charge in [-0.1, -0.05) is 0 Å². The average molecular weight is 331 g/mol. The third-order valence-electron chi connectivity index (χ3n) is 4.25. The summed E-state index contributed by atoms with van der Waals surface area (Å²) in [7, 11) is 0. The van der Waals surface area contributed by atoms with E-state index in [-0.39, 0.29) is 12.7 Å². The lowest BCUT2D eigenvalue weighted by Gasteiger charge is -2.14. The van der Waals surface area contributed by atoms with E-state index in [0.717, 1.165) is 41.6 Å². The molecule has 1 aromatic heterocycles. The van der Waals surface area contributed by atoms with Crippen LogP contribution in [0.5, 0.6) is 11.5 Å². The summed E-state index contributed by atoms with van der Waals surface area (Å²) in [5.41, 5.74) is 7.12. The number of carbonyl (C=O) groups is 1. The van der Waals surface area contributed by atoms with E-state index in [1.165, 1.54) is 11.3 Å². The summed E-state index contributed by atoms with van der Waals surface area (Å²) in [6.45, 7) is 2.37. The molecule has 2 aromatic rings. The molecule has 3 heterocycles. The number of ether oxygens (including phenoxy) is 2. The third kappa shape index (κ3) is 2.66. The number of nitrogens with two attached hydrogens (primary N) is 1. The molecule has 0 radical (unpaired) electrons. The molecule has 4 rings (SSSR count). The zero-order chi connectivity index (χ0) is 15.8. The monoisotopic (exact) mass is 331 g/mol. The normalized spacial score (nSPS) is 19.3. The van der Waals surface area contributed by atoms with Gasteiger partial charge in [-0.15, -0.1) is 11.3 Å². The molecule has 1 unspecified atom stereocenters. The highest BCUT2D eigenvalue weighted by molar-refractivity contribution is 7.13. The number of rotatable bonds is 3. The molecule has 23 heavy (non-hydrogen) atoms. The van der Waals surface area contributed by atoms with E-state index in [2.05, 4.69) is 4.98 Å². The topological polar surface area (TPSA) is 77.7 Å². The number of aromatic nitrogens is 1. The molecule has 0 bridgehead atoms. The minimum absolute atomic E-state index is 0.0100. The van der Waals surface area contributed by atoms with Gasteiger partial charge in [0, 0.05) is 24.0 Å². The first kappa shape index (κ1) is 14.5. The van der Waals surface area contributed by atoms with Crippen molar-refractivity contribution in [1.29, 1.82) is 0 Å². The summed E-state index contributed by atoms with van der Waals surface area (Å²) < 4.78 is 10.7. The Morgan fingerprint density at radius 3 is 3.09 bits per heavy atom. The Kier molecular flexibility index (Phi) is 3.66. The molecule has 0 saturated carbocycles. The molecule has 1 fully saturated rings. The molecule has 6 nitrogen and oxygen atoms in total. The molecule has 1 saturated heterocycles. The molecule has 2 N–H and O–H groups in total. The van der Waals surface area contributed by atoms with Crippen LogP contribution in [0.3, 0.4) is 0 Å². The van der Waals surface area contributed by atoms with Crippen molar-refractivity contribution >= 4 is 17.2 Å². The second-order valence-corrected chi connectivity index (χ2v) is 6.61. The zero-order valence-electron chi connectivity index (χ0n) is 12.5. The van der Waals surface area contributed by atoms with Crippen molar-refractivity contribution in [3.05, 3.63) is 29.3 Å². The van der Waals surface area contributed by atoms with Gasteiger partial charge in [-0.05, 0) is 37.1 Å². The van der Waals surface area contributed by atoms with Gasteiger partial charge in [0.05, 0.1) is 0 Å². The van der Waals surface area contributed by atoms with Crippen molar-refractivity contribution in [1.82, 2.24) is 9.88 Å². The summed E-state index contributed by atoms with van der Waals surface area (Å²) in [4.78, 5) is 18.9. The van der Waals surface area contributed by atoms with Crippen LogP contribution in [0, 0.1) is 5.92 Å². The fourth-order valence-electron chi connectivity index (χ4n) is 2.91.